The Morgan fingerprint density at radius 3 is 2.26 bits per heavy atom. The van der Waals surface area contributed by atoms with Crippen LogP contribution in [-0.2, 0) is 5.60 Å². The minimum absolute atomic E-state index is 0.171. The van der Waals surface area contributed by atoms with Gasteiger partial charge < -0.3 is 10.8 Å². The summed E-state index contributed by atoms with van der Waals surface area (Å²) in [5, 5.41) is 11.3. The van der Waals surface area contributed by atoms with Crippen molar-refractivity contribution < 1.29 is 5.11 Å². The molecular weight excluding hydrogens is 234 g/mol. The van der Waals surface area contributed by atoms with Crippen LogP contribution < -0.4 is 5.73 Å². The standard InChI is InChI=1S/C17H27NO/c1-14-9-5-6-10-15(14)16(2,19)17(13-18)11-7-3-4-8-12-17/h5-6,9-10,19H,3-4,7-8,11-13,18H2,1-2H3. The molecule has 2 heteroatoms. The zero-order chi connectivity index (χ0) is 13.9. The molecule has 0 aromatic heterocycles. The quantitative estimate of drug-likeness (QED) is 0.818. The van der Waals surface area contributed by atoms with Crippen molar-refractivity contribution >= 4 is 0 Å². The molecule has 2 nitrogen and oxygen atoms in total. The molecule has 0 amide bonds. The van der Waals surface area contributed by atoms with E-state index >= 15 is 0 Å². The molecule has 1 aliphatic carbocycles. The van der Waals surface area contributed by atoms with Crippen molar-refractivity contribution in [3.05, 3.63) is 35.4 Å². The average molecular weight is 261 g/mol. The van der Waals surface area contributed by atoms with Gasteiger partial charge in [-0.05, 0) is 37.8 Å². The molecule has 1 saturated carbocycles. The van der Waals surface area contributed by atoms with Crippen LogP contribution in [0.5, 0.6) is 0 Å². The number of benzene rings is 1. The minimum Gasteiger partial charge on any atom is -0.385 e. The lowest BCUT2D eigenvalue weighted by Crippen LogP contribution is -2.48. The van der Waals surface area contributed by atoms with Crippen LogP contribution in [0.1, 0.15) is 56.6 Å². The molecule has 19 heavy (non-hydrogen) atoms. The highest BCUT2D eigenvalue weighted by Crippen LogP contribution is 2.48. The van der Waals surface area contributed by atoms with Gasteiger partial charge in [-0.1, -0.05) is 49.9 Å². The summed E-state index contributed by atoms with van der Waals surface area (Å²) in [6.07, 6.45) is 6.96. The lowest BCUT2D eigenvalue weighted by atomic mass is 9.64. The van der Waals surface area contributed by atoms with Crippen molar-refractivity contribution in [2.75, 3.05) is 6.54 Å². The van der Waals surface area contributed by atoms with Gasteiger partial charge in [0, 0.05) is 12.0 Å². The predicted octanol–water partition coefficient (Wildman–Crippen LogP) is 3.50. The van der Waals surface area contributed by atoms with E-state index in [1.807, 2.05) is 19.1 Å². The minimum atomic E-state index is -0.836. The van der Waals surface area contributed by atoms with Gasteiger partial charge in [0.2, 0.25) is 0 Å². The fourth-order valence-corrected chi connectivity index (χ4v) is 3.70. The summed E-state index contributed by atoms with van der Waals surface area (Å²) in [5.41, 5.74) is 7.32. The van der Waals surface area contributed by atoms with E-state index in [1.165, 1.54) is 25.7 Å². The van der Waals surface area contributed by atoms with E-state index in [9.17, 15) is 5.11 Å². The highest BCUT2D eigenvalue weighted by Gasteiger charge is 2.47. The zero-order valence-corrected chi connectivity index (χ0v) is 12.3. The second kappa shape index (κ2) is 5.64. The molecule has 106 valence electrons. The van der Waals surface area contributed by atoms with Crippen LogP contribution in [0, 0.1) is 12.3 Å². The van der Waals surface area contributed by atoms with E-state index in [0.29, 0.717) is 6.54 Å². The Bertz CT molecular complexity index is 417. The van der Waals surface area contributed by atoms with Crippen LogP contribution in [0.25, 0.3) is 0 Å². The molecule has 0 spiro atoms. The van der Waals surface area contributed by atoms with Crippen LogP contribution >= 0.6 is 0 Å². The summed E-state index contributed by atoms with van der Waals surface area (Å²) in [4.78, 5) is 0. The Hall–Kier alpha value is -0.860. The van der Waals surface area contributed by atoms with E-state index in [0.717, 1.165) is 24.0 Å². The topological polar surface area (TPSA) is 46.2 Å². The third-order valence-electron chi connectivity index (χ3n) is 5.15. The number of hydrogen-bond acceptors (Lipinski definition) is 2. The molecule has 1 aromatic carbocycles. The number of aryl methyl sites for hydroxylation is 1. The Labute approximate surface area is 117 Å². The maximum absolute atomic E-state index is 11.3. The molecule has 1 aliphatic rings. The second-order valence-corrected chi connectivity index (χ2v) is 6.29. The molecule has 3 N–H and O–H groups in total. The third-order valence-corrected chi connectivity index (χ3v) is 5.15. The van der Waals surface area contributed by atoms with Gasteiger partial charge in [-0.2, -0.15) is 0 Å². The van der Waals surface area contributed by atoms with Gasteiger partial charge in [-0.15, -0.1) is 0 Å². The summed E-state index contributed by atoms with van der Waals surface area (Å²) in [7, 11) is 0. The number of hydrogen-bond donors (Lipinski definition) is 2. The molecule has 1 unspecified atom stereocenters. The Morgan fingerprint density at radius 1 is 1.16 bits per heavy atom. The predicted molar refractivity (Wildman–Crippen MR) is 79.9 cm³/mol. The normalized spacial score (nSPS) is 22.5. The largest absolute Gasteiger partial charge is 0.385 e. The fraction of sp³-hybridized carbons (Fsp3) is 0.647. The van der Waals surface area contributed by atoms with Gasteiger partial charge in [-0.3, -0.25) is 0 Å². The number of rotatable bonds is 3. The van der Waals surface area contributed by atoms with E-state index in [2.05, 4.69) is 19.1 Å². The molecule has 0 heterocycles. The summed E-state index contributed by atoms with van der Waals surface area (Å²) in [6, 6.07) is 8.16. The molecule has 1 atom stereocenters. The lowest BCUT2D eigenvalue weighted by Gasteiger charge is -2.45. The first-order valence-corrected chi connectivity index (χ1v) is 7.52. The van der Waals surface area contributed by atoms with Gasteiger partial charge in [-0.25, -0.2) is 0 Å². The van der Waals surface area contributed by atoms with Crippen molar-refractivity contribution in [3.63, 3.8) is 0 Å². The third kappa shape index (κ3) is 2.56. The van der Waals surface area contributed by atoms with E-state index in [-0.39, 0.29) is 5.41 Å². The first kappa shape index (κ1) is 14.5. The molecule has 0 bridgehead atoms. The van der Waals surface area contributed by atoms with Crippen LogP contribution in [0.2, 0.25) is 0 Å². The summed E-state index contributed by atoms with van der Waals surface area (Å²) in [6.45, 7) is 4.60. The fourth-order valence-electron chi connectivity index (χ4n) is 3.70. The molecular formula is C17H27NO. The number of nitrogens with two attached hydrogens (primary N) is 1. The molecule has 0 saturated heterocycles. The van der Waals surface area contributed by atoms with Gasteiger partial charge >= 0.3 is 0 Å². The summed E-state index contributed by atoms with van der Waals surface area (Å²) >= 11 is 0. The smallest absolute Gasteiger partial charge is 0.0939 e. The summed E-state index contributed by atoms with van der Waals surface area (Å²) in [5.74, 6) is 0. The maximum atomic E-state index is 11.3. The zero-order valence-electron chi connectivity index (χ0n) is 12.3. The van der Waals surface area contributed by atoms with Crippen molar-refractivity contribution in [3.8, 4) is 0 Å². The maximum Gasteiger partial charge on any atom is 0.0939 e. The molecule has 1 fully saturated rings. The Morgan fingerprint density at radius 2 is 1.74 bits per heavy atom. The average Bonchev–Trinajstić information content (AvgIpc) is 2.65. The van der Waals surface area contributed by atoms with Crippen molar-refractivity contribution in [2.24, 2.45) is 11.1 Å². The van der Waals surface area contributed by atoms with Crippen LogP contribution in [0.4, 0.5) is 0 Å². The monoisotopic (exact) mass is 261 g/mol. The first-order valence-electron chi connectivity index (χ1n) is 7.52. The van der Waals surface area contributed by atoms with Crippen LogP contribution in [-0.4, -0.2) is 11.7 Å². The Balaban J connectivity index is 2.42. The van der Waals surface area contributed by atoms with Gasteiger partial charge in [0.05, 0.1) is 5.60 Å². The first-order chi connectivity index (χ1) is 9.03. The van der Waals surface area contributed by atoms with Crippen molar-refractivity contribution in [1.29, 1.82) is 0 Å². The second-order valence-electron chi connectivity index (χ2n) is 6.29. The van der Waals surface area contributed by atoms with E-state index in [1.54, 1.807) is 0 Å². The van der Waals surface area contributed by atoms with Crippen LogP contribution in [0.15, 0.2) is 24.3 Å². The van der Waals surface area contributed by atoms with Gasteiger partial charge in [0.1, 0.15) is 0 Å². The van der Waals surface area contributed by atoms with E-state index in [4.69, 9.17) is 5.73 Å². The molecule has 0 aliphatic heterocycles. The summed E-state index contributed by atoms with van der Waals surface area (Å²) < 4.78 is 0. The van der Waals surface area contributed by atoms with Crippen molar-refractivity contribution in [2.45, 2.75) is 58.0 Å². The highest BCUT2D eigenvalue weighted by molar-refractivity contribution is 5.33. The van der Waals surface area contributed by atoms with Gasteiger partial charge in [0.25, 0.3) is 0 Å². The van der Waals surface area contributed by atoms with Crippen LogP contribution in [0.3, 0.4) is 0 Å². The van der Waals surface area contributed by atoms with E-state index < -0.39 is 5.60 Å². The van der Waals surface area contributed by atoms with Crippen molar-refractivity contribution in [1.82, 2.24) is 0 Å². The Kier molecular flexibility index (Phi) is 4.32. The molecule has 1 aromatic rings. The molecule has 2 rings (SSSR count). The number of aliphatic hydroxyl groups is 1. The van der Waals surface area contributed by atoms with Gasteiger partial charge in [0.15, 0.2) is 0 Å². The highest BCUT2D eigenvalue weighted by atomic mass is 16.3. The lowest BCUT2D eigenvalue weighted by molar-refractivity contribution is -0.0818. The molecule has 0 radical (unpaired) electrons. The SMILES string of the molecule is Cc1ccccc1C(C)(O)C1(CN)CCCCCC1.